The lowest BCUT2D eigenvalue weighted by Crippen LogP contribution is -2.07. The van der Waals surface area contributed by atoms with Gasteiger partial charge in [0.1, 0.15) is 0 Å². The molecule has 0 aliphatic heterocycles. The fourth-order valence-corrected chi connectivity index (χ4v) is 2.80. The fourth-order valence-electron chi connectivity index (χ4n) is 1.91. The van der Waals surface area contributed by atoms with E-state index in [2.05, 4.69) is 16.4 Å². The number of anilines is 2. The molecule has 114 valence electrons. The number of ether oxygens (including phenoxy) is 2. The quantitative estimate of drug-likeness (QED) is 0.852. The van der Waals surface area contributed by atoms with Gasteiger partial charge in [0, 0.05) is 26.9 Å². The number of hydrogen-bond donors (Lipinski definition) is 1. The largest absolute Gasteiger partial charge is 0.480 e. The van der Waals surface area contributed by atoms with E-state index < -0.39 is 0 Å². The van der Waals surface area contributed by atoms with E-state index in [0.717, 1.165) is 21.3 Å². The highest BCUT2D eigenvalue weighted by Crippen LogP contribution is 2.31. The summed E-state index contributed by atoms with van der Waals surface area (Å²) in [7, 11) is 7.30. The number of thiazole rings is 1. The molecule has 0 aliphatic carbocycles. The molecule has 2 rings (SSSR count). The summed E-state index contributed by atoms with van der Waals surface area (Å²) in [6.07, 6.45) is 0. The Labute approximate surface area is 129 Å². The van der Waals surface area contributed by atoms with E-state index in [0.29, 0.717) is 19.0 Å². The molecule has 0 radical (unpaired) electrons. The van der Waals surface area contributed by atoms with Crippen LogP contribution in [0, 0.1) is 0 Å². The van der Waals surface area contributed by atoms with Gasteiger partial charge in [-0.2, -0.15) is 4.98 Å². The van der Waals surface area contributed by atoms with Crippen LogP contribution in [0.4, 0.5) is 10.8 Å². The zero-order valence-corrected chi connectivity index (χ0v) is 13.7. The maximum Gasteiger partial charge on any atom is 0.231 e. The number of nitrogens with zero attached hydrogens (tertiary/aromatic N) is 2. The summed E-state index contributed by atoms with van der Waals surface area (Å²) in [5.41, 5.74) is 2.21. The van der Waals surface area contributed by atoms with Crippen LogP contribution in [0.3, 0.4) is 0 Å². The molecule has 0 atom stereocenters. The second kappa shape index (κ2) is 7.28. The molecule has 0 bridgehead atoms. The molecular weight excluding hydrogens is 286 g/mol. The molecule has 0 fully saturated rings. The van der Waals surface area contributed by atoms with Crippen LogP contribution in [0.15, 0.2) is 24.3 Å². The van der Waals surface area contributed by atoms with E-state index in [1.807, 2.05) is 37.2 Å². The van der Waals surface area contributed by atoms with Gasteiger partial charge in [0.25, 0.3) is 0 Å². The lowest BCUT2D eigenvalue weighted by atomic mass is 10.2. The Morgan fingerprint density at radius 3 is 2.76 bits per heavy atom. The van der Waals surface area contributed by atoms with E-state index in [1.54, 1.807) is 25.6 Å². The Bertz CT molecular complexity index is 584. The van der Waals surface area contributed by atoms with Crippen LogP contribution < -0.4 is 15.0 Å². The highest BCUT2D eigenvalue weighted by atomic mass is 32.1. The lowest BCUT2D eigenvalue weighted by Gasteiger charge is -2.08. The summed E-state index contributed by atoms with van der Waals surface area (Å²) < 4.78 is 10.5. The zero-order chi connectivity index (χ0) is 15.2. The molecular formula is C15H21N3O2S. The lowest BCUT2D eigenvalue weighted by molar-refractivity contribution is 0.185. The summed E-state index contributed by atoms with van der Waals surface area (Å²) in [6, 6.07) is 8.20. The third-order valence-electron chi connectivity index (χ3n) is 2.92. The Kier molecular flexibility index (Phi) is 5.41. The maximum atomic E-state index is 5.34. The Hall–Kier alpha value is -1.79. The van der Waals surface area contributed by atoms with Gasteiger partial charge in [0.2, 0.25) is 5.88 Å². The number of rotatable bonds is 7. The summed E-state index contributed by atoms with van der Waals surface area (Å²) in [5.74, 6) is 0.684. The number of hydrogen-bond acceptors (Lipinski definition) is 6. The molecule has 6 heteroatoms. The molecule has 0 amide bonds. The topological polar surface area (TPSA) is 46.6 Å². The number of nitrogens with one attached hydrogen (secondary N) is 1. The first-order valence-corrected chi connectivity index (χ1v) is 7.48. The standard InChI is InChI=1S/C15H21N3O2S/c1-18(2)15-17-14(20-4)13(21-15)9-16-12-7-5-6-11(8-12)10-19-3/h5-8,16H,9-10H2,1-4H3. The van der Waals surface area contributed by atoms with Crippen molar-refractivity contribution in [3.8, 4) is 5.88 Å². The predicted octanol–water partition coefficient (Wildman–Crippen LogP) is 2.98. The molecule has 0 unspecified atom stereocenters. The third kappa shape index (κ3) is 4.09. The van der Waals surface area contributed by atoms with Gasteiger partial charge >= 0.3 is 0 Å². The minimum absolute atomic E-state index is 0.615. The van der Waals surface area contributed by atoms with Crippen molar-refractivity contribution in [1.82, 2.24) is 4.98 Å². The minimum Gasteiger partial charge on any atom is -0.480 e. The SMILES string of the molecule is COCc1cccc(NCc2sc(N(C)C)nc2OC)c1. The first-order chi connectivity index (χ1) is 10.1. The van der Waals surface area contributed by atoms with Gasteiger partial charge in [0.15, 0.2) is 5.13 Å². The normalized spacial score (nSPS) is 10.5. The van der Waals surface area contributed by atoms with Crippen LogP contribution >= 0.6 is 11.3 Å². The number of methoxy groups -OCH3 is 2. The van der Waals surface area contributed by atoms with E-state index in [1.165, 1.54) is 0 Å². The second-order valence-corrected chi connectivity index (χ2v) is 5.87. The molecule has 0 spiro atoms. The number of aromatic nitrogens is 1. The molecule has 1 aromatic carbocycles. The van der Waals surface area contributed by atoms with Crippen molar-refractivity contribution in [2.24, 2.45) is 0 Å². The van der Waals surface area contributed by atoms with Gasteiger partial charge in [-0.05, 0) is 17.7 Å². The summed E-state index contributed by atoms with van der Waals surface area (Å²) >= 11 is 1.63. The maximum absolute atomic E-state index is 5.34. The van der Waals surface area contributed by atoms with Gasteiger partial charge in [-0.1, -0.05) is 23.5 Å². The molecule has 1 heterocycles. The van der Waals surface area contributed by atoms with Gasteiger partial charge in [0.05, 0.1) is 25.1 Å². The van der Waals surface area contributed by atoms with Crippen LogP contribution in [0.2, 0.25) is 0 Å². The molecule has 0 saturated heterocycles. The van der Waals surface area contributed by atoms with Crippen molar-refractivity contribution < 1.29 is 9.47 Å². The first kappa shape index (κ1) is 15.6. The Morgan fingerprint density at radius 2 is 2.10 bits per heavy atom. The molecule has 21 heavy (non-hydrogen) atoms. The fraction of sp³-hybridized carbons (Fsp3) is 0.400. The average molecular weight is 307 g/mol. The smallest absolute Gasteiger partial charge is 0.231 e. The number of benzene rings is 1. The van der Waals surface area contributed by atoms with Crippen molar-refractivity contribution >= 4 is 22.2 Å². The van der Waals surface area contributed by atoms with Crippen LogP contribution in [0.25, 0.3) is 0 Å². The van der Waals surface area contributed by atoms with Gasteiger partial charge in [-0.15, -0.1) is 0 Å². The van der Waals surface area contributed by atoms with Crippen molar-refractivity contribution in [1.29, 1.82) is 0 Å². The highest BCUT2D eigenvalue weighted by molar-refractivity contribution is 7.15. The molecule has 0 saturated carbocycles. The molecule has 0 aliphatic rings. The van der Waals surface area contributed by atoms with E-state index in [9.17, 15) is 0 Å². The van der Waals surface area contributed by atoms with Crippen molar-refractivity contribution in [3.05, 3.63) is 34.7 Å². The zero-order valence-electron chi connectivity index (χ0n) is 12.8. The van der Waals surface area contributed by atoms with E-state index in [-0.39, 0.29) is 0 Å². The molecule has 1 N–H and O–H groups in total. The molecule has 1 aromatic heterocycles. The van der Waals surface area contributed by atoms with E-state index in [4.69, 9.17) is 9.47 Å². The van der Waals surface area contributed by atoms with Gasteiger partial charge in [-0.3, -0.25) is 0 Å². The minimum atomic E-state index is 0.615. The average Bonchev–Trinajstić information content (AvgIpc) is 2.89. The predicted molar refractivity (Wildman–Crippen MR) is 87.5 cm³/mol. The third-order valence-corrected chi connectivity index (χ3v) is 4.12. The summed E-state index contributed by atoms with van der Waals surface area (Å²) in [4.78, 5) is 7.51. The molecule has 5 nitrogen and oxygen atoms in total. The van der Waals surface area contributed by atoms with Crippen LogP contribution in [-0.4, -0.2) is 33.3 Å². The van der Waals surface area contributed by atoms with Crippen molar-refractivity contribution in [2.75, 3.05) is 38.5 Å². The Balaban J connectivity index is 2.07. The van der Waals surface area contributed by atoms with Gasteiger partial charge in [-0.25, -0.2) is 0 Å². The van der Waals surface area contributed by atoms with Crippen LogP contribution in [0.5, 0.6) is 5.88 Å². The highest BCUT2D eigenvalue weighted by Gasteiger charge is 2.12. The van der Waals surface area contributed by atoms with Crippen molar-refractivity contribution in [3.63, 3.8) is 0 Å². The van der Waals surface area contributed by atoms with Gasteiger partial charge < -0.3 is 19.7 Å². The van der Waals surface area contributed by atoms with Crippen LogP contribution in [-0.2, 0) is 17.9 Å². The monoisotopic (exact) mass is 307 g/mol. The van der Waals surface area contributed by atoms with E-state index >= 15 is 0 Å². The van der Waals surface area contributed by atoms with Crippen molar-refractivity contribution in [2.45, 2.75) is 13.2 Å². The van der Waals surface area contributed by atoms with Crippen LogP contribution in [0.1, 0.15) is 10.4 Å². The summed E-state index contributed by atoms with van der Waals surface area (Å²) in [5, 5.41) is 4.34. The molecule has 2 aromatic rings. The second-order valence-electron chi connectivity index (χ2n) is 4.81. The Morgan fingerprint density at radius 1 is 1.29 bits per heavy atom. The first-order valence-electron chi connectivity index (χ1n) is 6.66. The summed E-state index contributed by atoms with van der Waals surface area (Å²) in [6.45, 7) is 1.30.